The third kappa shape index (κ3) is 2.36. The number of anilines is 1. The number of carbonyl (C=O) groups excluding carboxylic acids is 1. The van der Waals surface area contributed by atoms with Gasteiger partial charge in [-0.3, -0.25) is 9.78 Å². The summed E-state index contributed by atoms with van der Waals surface area (Å²) >= 11 is 0. The predicted octanol–water partition coefficient (Wildman–Crippen LogP) is 2.51. The van der Waals surface area contributed by atoms with Gasteiger partial charge in [0.1, 0.15) is 6.07 Å². The second-order valence-corrected chi connectivity index (χ2v) is 3.80. The zero-order valence-electron chi connectivity index (χ0n) is 9.84. The molecule has 0 bridgehead atoms. The highest BCUT2D eigenvalue weighted by atomic mass is 16.1. The molecule has 0 saturated carbocycles. The van der Waals surface area contributed by atoms with E-state index in [0.717, 1.165) is 5.56 Å². The molecule has 1 aromatic heterocycles. The van der Waals surface area contributed by atoms with Crippen LogP contribution in [0.25, 0.3) is 0 Å². The smallest absolute Gasteiger partial charge is 0.257 e. The normalized spacial score (nSPS) is 9.56. The summed E-state index contributed by atoms with van der Waals surface area (Å²) in [5.41, 5.74) is 2.29. The van der Waals surface area contributed by atoms with E-state index in [2.05, 4.69) is 10.3 Å². The van der Waals surface area contributed by atoms with Crippen molar-refractivity contribution in [2.75, 3.05) is 5.32 Å². The van der Waals surface area contributed by atoms with Gasteiger partial charge in [0.15, 0.2) is 0 Å². The first-order valence-corrected chi connectivity index (χ1v) is 5.43. The highest BCUT2D eigenvalue weighted by Gasteiger charge is 2.10. The maximum Gasteiger partial charge on any atom is 0.257 e. The fraction of sp³-hybridized carbons (Fsp3) is 0.0714. The summed E-state index contributed by atoms with van der Waals surface area (Å²) in [5.74, 6) is -0.261. The van der Waals surface area contributed by atoms with E-state index in [0.29, 0.717) is 16.8 Å². The quantitative estimate of drug-likeness (QED) is 0.872. The van der Waals surface area contributed by atoms with E-state index in [4.69, 9.17) is 5.26 Å². The maximum atomic E-state index is 12.0. The van der Waals surface area contributed by atoms with Crippen molar-refractivity contribution in [3.8, 4) is 6.07 Å². The van der Waals surface area contributed by atoms with E-state index in [9.17, 15) is 4.79 Å². The molecule has 18 heavy (non-hydrogen) atoms. The first-order chi connectivity index (χ1) is 8.72. The van der Waals surface area contributed by atoms with Crippen molar-refractivity contribution in [2.24, 2.45) is 0 Å². The van der Waals surface area contributed by atoms with Crippen molar-refractivity contribution in [3.63, 3.8) is 0 Å². The Morgan fingerprint density at radius 3 is 2.83 bits per heavy atom. The molecule has 1 heterocycles. The lowest BCUT2D eigenvalue weighted by molar-refractivity contribution is 0.102. The molecule has 1 N–H and O–H groups in total. The monoisotopic (exact) mass is 237 g/mol. The Bertz CT molecular complexity index is 629. The molecule has 2 aromatic rings. The number of benzene rings is 1. The van der Waals surface area contributed by atoms with Crippen LogP contribution in [0, 0.1) is 18.3 Å². The molecule has 0 radical (unpaired) electrons. The Kier molecular flexibility index (Phi) is 3.35. The molecule has 1 amide bonds. The summed E-state index contributed by atoms with van der Waals surface area (Å²) in [5, 5.41) is 11.7. The molecule has 0 fully saturated rings. The molecule has 4 nitrogen and oxygen atoms in total. The summed E-state index contributed by atoms with van der Waals surface area (Å²) in [4.78, 5) is 16.0. The van der Waals surface area contributed by atoms with Crippen molar-refractivity contribution in [3.05, 3.63) is 59.4 Å². The van der Waals surface area contributed by atoms with E-state index in [-0.39, 0.29) is 5.91 Å². The number of nitrogens with one attached hydrogen (secondary N) is 1. The average Bonchev–Trinajstić information content (AvgIpc) is 2.39. The number of nitriles is 1. The predicted molar refractivity (Wildman–Crippen MR) is 68.1 cm³/mol. The molecular formula is C14H11N3O. The summed E-state index contributed by atoms with van der Waals surface area (Å²) in [7, 11) is 0. The molecule has 1 aromatic carbocycles. The molecule has 0 aliphatic heterocycles. The van der Waals surface area contributed by atoms with E-state index in [1.807, 2.05) is 13.0 Å². The fourth-order valence-corrected chi connectivity index (χ4v) is 1.58. The second-order valence-electron chi connectivity index (χ2n) is 3.80. The van der Waals surface area contributed by atoms with E-state index in [1.165, 1.54) is 6.20 Å². The average molecular weight is 237 g/mol. The minimum Gasteiger partial charge on any atom is -0.321 e. The topological polar surface area (TPSA) is 65.8 Å². The van der Waals surface area contributed by atoms with Gasteiger partial charge in [-0.25, -0.2) is 0 Å². The number of aromatic nitrogens is 1. The van der Waals surface area contributed by atoms with Gasteiger partial charge in [-0.15, -0.1) is 0 Å². The van der Waals surface area contributed by atoms with Gasteiger partial charge in [-0.1, -0.05) is 12.1 Å². The van der Waals surface area contributed by atoms with Crippen LogP contribution >= 0.6 is 0 Å². The number of carbonyl (C=O) groups is 1. The van der Waals surface area contributed by atoms with Gasteiger partial charge in [0.25, 0.3) is 5.91 Å². The van der Waals surface area contributed by atoms with E-state index >= 15 is 0 Å². The summed E-state index contributed by atoms with van der Waals surface area (Å²) in [6, 6.07) is 10.7. The number of aryl methyl sites for hydroxylation is 1. The van der Waals surface area contributed by atoms with Crippen molar-refractivity contribution >= 4 is 11.6 Å². The summed E-state index contributed by atoms with van der Waals surface area (Å²) in [6.07, 6.45) is 3.15. The first-order valence-electron chi connectivity index (χ1n) is 5.43. The molecule has 4 heteroatoms. The van der Waals surface area contributed by atoms with Crippen molar-refractivity contribution < 1.29 is 4.79 Å². The van der Waals surface area contributed by atoms with Crippen LogP contribution in [0.1, 0.15) is 21.5 Å². The minimum absolute atomic E-state index is 0.261. The molecule has 0 atom stereocenters. The lowest BCUT2D eigenvalue weighted by atomic mass is 10.1. The number of rotatable bonds is 2. The molecule has 0 aliphatic carbocycles. The Morgan fingerprint density at radius 2 is 2.11 bits per heavy atom. The number of nitrogens with zero attached hydrogens (tertiary/aromatic N) is 2. The summed E-state index contributed by atoms with van der Waals surface area (Å²) < 4.78 is 0. The number of amides is 1. The van der Waals surface area contributed by atoms with E-state index < -0.39 is 0 Å². The highest BCUT2D eigenvalue weighted by Crippen LogP contribution is 2.15. The zero-order chi connectivity index (χ0) is 13.0. The van der Waals surface area contributed by atoms with Gasteiger partial charge in [0, 0.05) is 12.4 Å². The van der Waals surface area contributed by atoms with Gasteiger partial charge in [-0.2, -0.15) is 5.26 Å². The van der Waals surface area contributed by atoms with Crippen LogP contribution in [-0.4, -0.2) is 10.9 Å². The van der Waals surface area contributed by atoms with Crippen LogP contribution in [0.2, 0.25) is 0 Å². The van der Waals surface area contributed by atoms with E-state index in [1.54, 1.807) is 36.5 Å². The minimum atomic E-state index is -0.261. The number of hydrogen-bond acceptors (Lipinski definition) is 3. The lowest BCUT2D eigenvalue weighted by Gasteiger charge is -2.08. The van der Waals surface area contributed by atoms with Crippen molar-refractivity contribution in [1.29, 1.82) is 5.26 Å². The standard InChI is InChI=1S/C14H11N3O/c1-10-6-7-16-9-12(10)14(18)17-13-5-3-2-4-11(13)8-15/h2-7,9H,1H3,(H,17,18). The third-order valence-corrected chi connectivity index (χ3v) is 2.58. The molecule has 0 saturated heterocycles. The van der Waals surface area contributed by atoms with Crippen molar-refractivity contribution in [2.45, 2.75) is 6.92 Å². The SMILES string of the molecule is Cc1ccncc1C(=O)Nc1ccccc1C#N. The number of para-hydroxylation sites is 1. The Morgan fingerprint density at radius 1 is 1.33 bits per heavy atom. The Balaban J connectivity index is 2.28. The van der Waals surface area contributed by atoms with Crippen LogP contribution in [0.4, 0.5) is 5.69 Å². The van der Waals surface area contributed by atoms with Gasteiger partial charge in [-0.05, 0) is 30.7 Å². The molecule has 0 spiro atoms. The Labute approximate surface area is 105 Å². The molecule has 2 rings (SSSR count). The van der Waals surface area contributed by atoms with Gasteiger partial charge in [0.2, 0.25) is 0 Å². The number of hydrogen-bond donors (Lipinski definition) is 1. The van der Waals surface area contributed by atoms with Gasteiger partial charge >= 0.3 is 0 Å². The van der Waals surface area contributed by atoms with Crippen LogP contribution < -0.4 is 5.32 Å². The highest BCUT2D eigenvalue weighted by molar-refractivity contribution is 6.05. The molecular weight excluding hydrogens is 226 g/mol. The van der Waals surface area contributed by atoms with Crippen LogP contribution in [0.5, 0.6) is 0 Å². The van der Waals surface area contributed by atoms with Crippen LogP contribution in [0.15, 0.2) is 42.7 Å². The molecule has 88 valence electrons. The number of pyridine rings is 1. The van der Waals surface area contributed by atoms with Crippen molar-refractivity contribution in [1.82, 2.24) is 4.98 Å². The third-order valence-electron chi connectivity index (χ3n) is 2.58. The lowest BCUT2D eigenvalue weighted by Crippen LogP contribution is -2.14. The summed E-state index contributed by atoms with van der Waals surface area (Å²) in [6.45, 7) is 1.84. The first kappa shape index (κ1) is 11.8. The van der Waals surface area contributed by atoms with Crippen LogP contribution in [-0.2, 0) is 0 Å². The largest absolute Gasteiger partial charge is 0.321 e. The molecule has 0 unspecified atom stereocenters. The van der Waals surface area contributed by atoms with Gasteiger partial charge < -0.3 is 5.32 Å². The maximum absolute atomic E-state index is 12.0. The molecule has 0 aliphatic rings. The fourth-order valence-electron chi connectivity index (χ4n) is 1.58. The second kappa shape index (κ2) is 5.11. The zero-order valence-corrected chi connectivity index (χ0v) is 9.84. The van der Waals surface area contributed by atoms with Crippen LogP contribution in [0.3, 0.4) is 0 Å². The Hall–Kier alpha value is -2.67. The van der Waals surface area contributed by atoms with Gasteiger partial charge in [0.05, 0.1) is 16.8 Å².